The van der Waals surface area contributed by atoms with Crippen LogP contribution in [-0.4, -0.2) is 18.1 Å². The average molecular weight is 311 g/mol. The van der Waals surface area contributed by atoms with Crippen LogP contribution in [0.4, 0.5) is 30.7 Å². The Bertz CT molecular complexity index is 258. The quantitative estimate of drug-likeness (QED) is 0.333. The van der Waals surface area contributed by atoms with Crippen LogP contribution in [0.3, 0.4) is 0 Å². The molecule has 0 unspecified atom stereocenters. The second-order valence-electron chi connectivity index (χ2n) is 4.92. The second kappa shape index (κ2) is 8.05. The van der Waals surface area contributed by atoms with Crippen molar-refractivity contribution in [3.05, 3.63) is 0 Å². The zero-order valence-electron chi connectivity index (χ0n) is 11.1. The van der Waals surface area contributed by atoms with Gasteiger partial charge in [0.25, 0.3) is 0 Å². The zero-order valence-corrected chi connectivity index (χ0v) is 11.1. The highest BCUT2D eigenvalue weighted by Crippen LogP contribution is 2.34. The first-order valence-corrected chi connectivity index (χ1v) is 6.57. The molecule has 1 nitrogen and oxygen atoms in total. The molecule has 0 aliphatic heterocycles. The molecule has 0 aliphatic rings. The molecule has 2 N–H and O–H groups in total. The SMILES string of the molecule is NC(F)(F)C(F)(F)CCCCCCCCCC(F)(F)F. The van der Waals surface area contributed by atoms with E-state index >= 15 is 0 Å². The van der Waals surface area contributed by atoms with Crippen molar-refractivity contribution < 1.29 is 30.7 Å². The van der Waals surface area contributed by atoms with E-state index in [-0.39, 0.29) is 12.8 Å². The number of hydrogen-bond acceptors (Lipinski definition) is 1. The number of nitrogens with two attached hydrogens (primary N) is 1. The fourth-order valence-electron chi connectivity index (χ4n) is 1.72. The maximum absolute atomic E-state index is 12.7. The van der Waals surface area contributed by atoms with Crippen molar-refractivity contribution in [1.82, 2.24) is 0 Å². The summed E-state index contributed by atoms with van der Waals surface area (Å²) in [6, 6.07) is -4.51. The maximum atomic E-state index is 12.7. The Hall–Kier alpha value is -0.530. The summed E-state index contributed by atoms with van der Waals surface area (Å²) in [5, 5.41) is 0. The standard InChI is InChI=1S/C12H20F7N/c13-10(14,12(18,19)20)8-6-4-2-1-3-5-7-9-11(15,16)17/h1-9,20H2. The Morgan fingerprint density at radius 3 is 1.25 bits per heavy atom. The van der Waals surface area contributed by atoms with E-state index in [9.17, 15) is 30.7 Å². The molecule has 0 radical (unpaired) electrons. The van der Waals surface area contributed by atoms with Gasteiger partial charge in [0, 0.05) is 12.8 Å². The van der Waals surface area contributed by atoms with Crippen LogP contribution in [0, 0.1) is 0 Å². The van der Waals surface area contributed by atoms with Gasteiger partial charge in [-0.25, -0.2) is 0 Å². The Balaban J connectivity index is 3.46. The van der Waals surface area contributed by atoms with Crippen molar-refractivity contribution >= 4 is 0 Å². The first-order valence-electron chi connectivity index (χ1n) is 6.57. The van der Waals surface area contributed by atoms with Crippen molar-refractivity contribution in [3.8, 4) is 0 Å². The molecule has 0 aliphatic carbocycles. The van der Waals surface area contributed by atoms with Gasteiger partial charge in [-0.2, -0.15) is 30.7 Å². The molecular weight excluding hydrogens is 291 g/mol. The van der Waals surface area contributed by atoms with Crippen LogP contribution in [0.2, 0.25) is 0 Å². The molecule has 20 heavy (non-hydrogen) atoms. The molecule has 0 spiro atoms. The van der Waals surface area contributed by atoms with Crippen molar-refractivity contribution in [2.75, 3.05) is 0 Å². The van der Waals surface area contributed by atoms with E-state index in [4.69, 9.17) is 0 Å². The van der Waals surface area contributed by atoms with Gasteiger partial charge in [-0.15, -0.1) is 0 Å². The van der Waals surface area contributed by atoms with Gasteiger partial charge in [0.2, 0.25) is 0 Å². The molecule has 0 fully saturated rings. The first kappa shape index (κ1) is 19.5. The van der Waals surface area contributed by atoms with Gasteiger partial charge >= 0.3 is 18.1 Å². The molecule has 0 aromatic carbocycles. The predicted octanol–water partition coefficient (Wildman–Crippen LogP) is 5.25. The molecule has 122 valence electrons. The van der Waals surface area contributed by atoms with E-state index in [0.717, 1.165) is 0 Å². The van der Waals surface area contributed by atoms with Crippen LogP contribution in [-0.2, 0) is 0 Å². The lowest BCUT2D eigenvalue weighted by Gasteiger charge is -2.22. The van der Waals surface area contributed by atoms with E-state index in [1.54, 1.807) is 0 Å². The summed E-state index contributed by atoms with van der Waals surface area (Å²) in [7, 11) is 0. The molecule has 0 saturated heterocycles. The van der Waals surface area contributed by atoms with Crippen molar-refractivity contribution in [2.45, 2.75) is 75.9 Å². The zero-order chi connectivity index (χ0) is 15.9. The lowest BCUT2D eigenvalue weighted by Crippen LogP contribution is -2.48. The summed E-state index contributed by atoms with van der Waals surface area (Å²) < 4.78 is 85.4. The van der Waals surface area contributed by atoms with Gasteiger partial charge in [0.15, 0.2) is 0 Å². The van der Waals surface area contributed by atoms with Gasteiger partial charge in [0.1, 0.15) is 0 Å². The largest absolute Gasteiger partial charge is 0.389 e. The smallest absolute Gasteiger partial charge is 0.267 e. The normalized spacial score (nSPS) is 13.8. The highest BCUT2D eigenvalue weighted by atomic mass is 19.4. The van der Waals surface area contributed by atoms with Crippen molar-refractivity contribution in [1.29, 1.82) is 0 Å². The molecule has 0 saturated carbocycles. The Morgan fingerprint density at radius 2 is 0.900 bits per heavy atom. The number of hydrogen-bond donors (Lipinski definition) is 1. The maximum Gasteiger partial charge on any atom is 0.389 e. The highest BCUT2D eigenvalue weighted by molar-refractivity contribution is 4.78. The lowest BCUT2D eigenvalue weighted by molar-refractivity contribution is -0.208. The molecule has 8 heteroatoms. The van der Waals surface area contributed by atoms with Gasteiger partial charge in [-0.05, 0) is 12.8 Å². The van der Waals surface area contributed by atoms with Crippen molar-refractivity contribution in [2.24, 2.45) is 5.73 Å². The number of rotatable bonds is 10. The summed E-state index contributed by atoms with van der Waals surface area (Å²) in [6.45, 7) is 0. The van der Waals surface area contributed by atoms with Crippen LogP contribution in [0.15, 0.2) is 0 Å². The molecule has 0 aromatic rings. The Morgan fingerprint density at radius 1 is 0.550 bits per heavy atom. The summed E-state index contributed by atoms with van der Waals surface area (Å²) in [5.74, 6) is -4.21. The topological polar surface area (TPSA) is 26.0 Å². The first-order chi connectivity index (χ1) is 8.96. The minimum atomic E-state index is -4.51. The molecule has 0 bridgehead atoms. The fraction of sp³-hybridized carbons (Fsp3) is 1.00. The number of alkyl halides is 7. The minimum absolute atomic E-state index is 0.0565. The van der Waals surface area contributed by atoms with Crippen LogP contribution >= 0.6 is 0 Å². The van der Waals surface area contributed by atoms with Crippen LogP contribution in [0.5, 0.6) is 0 Å². The second-order valence-corrected chi connectivity index (χ2v) is 4.92. The monoisotopic (exact) mass is 311 g/mol. The highest BCUT2D eigenvalue weighted by Gasteiger charge is 2.52. The molecule has 0 aromatic heterocycles. The van der Waals surface area contributed by atoms with Crippen LogP contribution in [0.1, 0.15) is 57.8 Å². The van der Waals surface area contributed by atoms with Crippen LogP contribution < -0.4 is 5.73 Å². The van der Waals surface area contributed by atoms with Gasteiger partial charge in [-0.1, -0.05) is 32.1 Å². The third-order valence-corrected chi connectivity index (χ3v) is 2.94. The minimum Gasteiger partial charge on any atom is -0.267 e. The third kappa shape index (κ3) is 9.39. The van der Waals surface area contributed by atoms with Gasteiger partial charge < -0.3 is 0 Å². The molecule has 0 rings (SSSR count). The summed E-state index contributed by atoms with van der Waals surface area (Å²) in [6.07, 6.45) is -3.46. The Kier molecular flexibility index (Phi) is 7.83. The number of unbranched alkanes of at least 4 members (excludes halogenated alkanes) is 6. The van der Waals surface area contributed by atoms with E-state index in [1.165, 1.54) is 0 Å². The van der Waals surface area contributed by atoms with E-state index in [1.807, 2.05) is 0 Å². The summed E-state index contributed by atoms with van der Waals surface area (Å²) in [4.78, 5) is 0. The molecular formula is C12H20F7N. The fourth-order valence-corrected chi connectivity index (χ4v) is 1.72. The lowest BCUT2D eigenvalue weighted by atomic mass is 10.0. The number of halogens is 7. The Labute approximate surface area is 113 Å². The summed E-state index contributed by atoms with van der Waals surface area (Å²) in [5.41, 5.74) is 4.07. The van der Waals surface area contributed by atoms with E-state index < -0.39 is 31.0 Å². The molecule has 0 heterocycles. The van der Waals surface area contributed by atoms with E-state index in [0.29, 0.717) is 32.1 Å². The van der Waals surface area contributed by atoms with Gasteiger partial charge in [0.05, 0.1) is 0 Å². The molecule has 0 atom stereocenters. The third-order valence-electron chi connectivity index (χ3n) is 2.94. The predicted molar refractivity (Wildman–Crippen MR) is 61.7 cm³/mol. The molecule has 0 amide bonds. The van der Waals surface area contributed by atoms with E-state index in [2.05, 4.69) is 5.73 Å². The average Bonchev–Trinajstić information content (AvgIpc) is 2.23. The van der Waals surface area contributed by atoms with Crippen molar-refractivity contribution in [3.63, 3.8) is 0 Å². The van der Waals surface area contributed by atoms with Gasteiger partial charge in [-0.3, -0.25) is 5.73 Å². The van der Waals surface area contributed by atoms with Crippen LogP contribution in [0.25, 0.3) is 0 Å². The summed E-state index contributed by atoms with van der Waals surface area (Å²) >= 11 is 0.